The molecular formula is C14H18N2O2S2. The molecule has 0 spiro atoms. The lowest BCUT2D eigenvalue weighted by Gasteiger charge is -2.13. The standard InChI is InChI=1S/C14H18N2O2S2/c1-5-18-14(17)12-10(4)16-20-13(12)15-9(3)11-7-6-8(2)19-11/h6-7,9,15H,5H2,1-4H3. The van der Waals surface area contributed by atoms with E-state index in [4.69, 9.17) is 4.74 Å². The molecule has 4 nitrogen and oxygen atoms in total. The minimum absolute atomic E-state index is 0.140. The van der Waals surface area contributed by atoms with E-state index >= 15 is 0 Å². The number of aromatic nitrogens is 1. The van der Waals surface area contributed by atoms with Crippen LogP contribution in [0.15, 0.2) is 12.1 Å². The van der Waals surface area contributed by atoms with Gasteiger partial charge in [-0.2, -0.15) is 4.37 Å². The third kappa shape index (κ3) is 3.19. The fourth-order valence-electron chi connectivity index (χ4n) is 1.87. The molecule has 0 aliphatic rings. The molecule has 0 saturated carbocycles. The number of esters is 1. The second-order valence-electron chi connectivity index (χ2n) is 4.51. The highest BCUT2D eigenvalue weighted by molar-refractivity contribution is 7.12. The molecule has 20 heavy (non-hydrogen) atoms. The van der Waals surface area contributed by atoms with Crippen LogP contribution in [0.25, 0.3) is 0 Å². The van der Waals surface area contributed by atoms with Crippen LogP contribution in [0.1, 0.15) is 45.7 Å². The zero-order valence-electron chi connectivity index (χ0n) is 12.0. The van der Waals surface area contributed by atoms with Crippen molar-refractivity contribution >= 4 is 33.8 Å². The third-order valence-corrected chi connectivity index (χ3v) is 4.93. The van der Waals surface area contributed by atoms with Gasteiger partial charge in [-0.25, -0.2) is 4.79 Å². The summed E-state index contributed by atoms with van der Waals surface area (Å²) in [4.78, 5) is 14.5. The van der Waals surface area contributed by atoms with E-state index in [0.29, 0.717) is 17.9 Å². The summed E-state index contributed by atoms with van der Waals surface area (Å²) in [5.41, 5.74) is 1.27. The van der Waals surface area contributed by atoms with E-state index < -0.39 is 0 Å². The summed E-state index contributed by atoms with van der Waals surface area (Å²) in [6, 6.07) is 4.35. The van der Waals surface area contributed by atoms with Gasteiger partial charge in [-0.3, -0.25) is 0 Å². The molecule has 0 fully saturated rings. The lowest BCUT2D eigenvalue weighted by molar-refractivity contribution is 0.0527. The maximum Gasteiger partial charge on any atom is 0.343 e. The summed E-state index contributed by atoms with van der Waals surface area (Å²) in [5.74, 6) is -0.309. The van der Waals surface area contributed by atoms with Crippen molar-refractivity contribution in [2.75, 3.05) is 11.9 Å². The Morgan fingerprint density at radius 1 is 1.45 bits per heavy atom. The number of nitrogens with one attached hydrogen (secondary N) is 1. The number of carbonyl (C=O) groups is 1. The first kappa shape index (κ1) is 15.0. The summed E-state index contributed by atoms with van der Waals surface area (Å²) in [6.07, 6.45) is 0. The van der Waals surface area contributed by atoms with Gasteiger partial charge in [-0.05, 0) is 51.4 Å². The third-order valence-electron chi connectivity index (χ3n) is 2.88. The van der Waals surface area contributed by atoms with Crippen molar-refractivity contribution in [3.8, 4) is 0 Å². The van der Waals surface area contributed by atoms with Crippen molar-refractivity contribution in [3.63, 3.8) is 0 Å². The Hall–Kier alpha value is -1.40. The molecule has 0 aromatic carbocycles. The van der Waals surface area contributed by atoms with Gasteiger partial charge in [0.1, 0.15) is 10.6 Å². The van der Waals surface area contributed by atoms with Crippen molar-refractivity contribution in [2.45, 2.75) is 33.7 Å². The zero-order chi connectivity index (χ0) is 14.7. The molecule has 0 aliphatic carbocycles. The van der Waals surface area contributed by atoms with Gasteiger partial charge in [0.05, 0.1) is 18.3 Å². The Morgan fingerprint density at radius 3 is 2.80 bits per heavy atom. The molecule has 2 aromatic rings. The summed E-state index contributed by atoms with van der Waals surface area (Å²) in [5, 5.41) is 4.14. The van der Waals surface area contributed by atoms with Crippen LogP contribution in [-0.4, -0.2) is 16.9 Å². The van der Waals surface area contributed by atoms with Crippen LogP contribution in [0.3, 0.4) is 0 Å². The van der Waals surface area contributed by atoms with Gasteiger partial charge in [0, 0.05) is 9.75 Å². The van der Waals surface area contributed by atoms with Crippen LogP contribution in [-0.2, 0) is 4.74 Å². The molecule has 6 heteroatoms. The number of aryl methyl sites for hydroxylation is 2. The average Bonchev–Trinajstić information content (AvgIpc) is 2.96. The second-order valence-corrected chi connectivity index (χ2v) is 6.60. The topological polar surface area (TPSA) is 51.2 Å². The van der Waals surface area contributed by atoms with E-state index in [1.54, 1.807) is 18.3 Å². The molecule has 1 unspecified atom stereocenters. The summed E-state index contributed by atoms with van der Waals surface area (Å²) in [6.45, 7) is 8.16. The van der Waals surface area contributed by atoms with Gasteiger partial charge >= 0.3 is 5.97 Å². The number of nitrogens with zero attached hydrogens (tertiary/aromatic N) is 1. The smallest absolute Gasteiger partial charge is 0.343 e. The largest absolute Gasteiger partial charge is 0.462 e. The highest BCUT2D eigenvalue weighted by atomic mass is 32.1. The van der Waals surface area contributed by atoms with Crippen LogP contribution in [0.4, 0.5) is 5.00 Å². The number of carbonyl (C=O) groups excluding carboxylic acids is 1. The maximum atomic E-state index is 12.0. The lowest BCUT2D eigenvalue weighted by atomic mass is 10.2. The van der Waals surface area contributed by atoms with Crippen LogP contribution < -0.4 is 5.32 Å². The van der Waals surface area contributed by atoms with E-state index in [9.17, 15) is 4.79 Å². The highest BCUT2D eigenvalue weighted by Gasteiger charge is 2.21. The molecule has 1 atom stereocenters. The number of ether oxygens (including phenoxy) is 1. The van der Waals surface area contributed by atoms with E-state index in [2.05, 4.69) is 35.7 Å². The fourth-order valence-corrected chi connectivity index (χ4v) is 3.62. The van der Waals surface area contributed by atoms with Gasteiger partial charge in [-0.1, -0.05) is 0 Å². The first-order chi connectivity index (χ1) is 9.52. The molecule has 2 rings (SSSR count). The van der Waals surface area contributed by atoms with Crippen molar-refractivity contribution in [3.05, 3.63) is 33.1 Å². The summed E-state index contributed by atoms with van der Waals surface area (Å²) >= 11 is 3.05. The Bertz CT molecular complexity index is 604. The summed E-state index contributed by atoms with van der Waals surface area (Å²) in [7, 11) is 0. The van der Waals surface area contributed by atoms with Crippen LogP contribution in [0.2, 0.25) is 0 Å². The first-order valence-corrected chi connectivity index (χ1v) is 8.08. The Morgan fingerprint density at radius 2 is 2.20 bits per heavy atom. The number of thiophene rings is 1. The molecule has 0 saturated heterocycles. The minimum Gasteiger partial charge on any atom is -0.462 e. The van der Waals surface area contributed by atoms with Crippen LogP contribution in [0.5, 0.6) is 0 Å². The van der Waals surface area contributed by atoms with E-state index in [1.807, 2.05) is 6.92 Å². The van der Waals surface area contributed by atoms with Gasteiger partial charge in [0.15, 0.2) is 0 Å². The average molecular weight is 310 g/mol. The van der Waals surface area contributed by atoms with Crippen molar-refractivity contribution in [1.82, 2.24) is 4.37 Å². The monoisotopic (exact) mass is 310 g/mol. The molecule has 0 radical (unpaired) electrons. The van der Waals surface area contributed by atoms with Gasteiger partial charge < -0.3 is 10.1 Å². The lowest BCUT2D eigenvalue weighted by Crippen LogP contribution is -2.11. The molecule has 0 aliphatic heterocycles. The minimum atomic E-state index is -0.309. The van der Waals surface area contributed by atoms with E-state index in [1.165, 1.54) is 21.3 Å². The van der Waals surface area contributed by atoms with Crippen LogP contribution in [0, 0.1) is 13.8 Å². The Balaban J connectivity index is 2.19. The molecule has 2 aromatic heterocycles. The zero-order valence-corrected chi connectivity index (χ0v) is 13.7. The van der Waals surface area contributed by atoms with Gasteiger partial charge in [0.25, 0.3) is 0 Å². The first-order valence-electron chi connectivity index (χ1n) is 6.49. The number of anilines is 1. The van der Waals surface area contributed by atoms with E-state index in [0.717, 1.165) is 5.00 Å². The Labute approximate surface area is 127 Å². The quantitative estimate of drug-likeness (QED) is 0.842. The number of hydrogen-bond acceptors (Lipinski definition) is 6. The van der Waals surface area contributed by atoms with Crippen LogP contribution >= 0.6 is 22.9 Å². The molecule has 0 bridgehead atoms. The SMILES string of the molecule is CCOC(=O)c1c(C)nsc1NC(C)c1ccc(C)s1. The van der Waals surface area contributed by atoms with E-state index in [-0.39, 0.29) is 12.0 Å². The Kier molecular flexibility index (Phi) is 4.77. The number of rotatable bonds is 5. The molecular weight excluding hydrogens is 292 g/mol. The highest BCUT2D eigenvalue weighted by Crippen LogP contribution is 2.31. The van der Waals surface area contributed by atoms with Gasteiger partial charge in [-0.15, -0.1) is 11.3 Å². The normalized spacial score (nSPS) is 12.2. The van der Waals surface area contributed by atoms with Gasteiger partial charge in [0.2, 0.25) is 0 Å². The van der Waals surface area contributed by atoms with Crippen molar-refractivity contribution in [2.24, 2.45) is 0 Å². The molecule has 2 heterocycles. The van der Waals surface area contributed by atoms with Crippen molar-refractivity contribution < 1.29 is 9.53 Å². The fraction of sp³-hybridized carbons (Fsp3) is 0.429. The second kappa shape index (κ2) is 6.37. The van der Waals surface area contributed by atoms with Crippen molar-refractivity contribution in [1.29, 1.82) is 0 Å². The number of hydrogen-bond donors (Lipinski definition) is 1. The molecule has 1 N–H and O–H groups in total. The maximum absolute atomic E-state index is 12.0. The molecule has 0 amide bonds. The summed E-state index contributed by atoms with van der Waals surface area (Å²) < 4.78 is 9.34. The molecule has 108 valence electrons. The predicted molar refractivity (Wildman–Crippen MR) is 83.9 cm³/mol. The predicted octanol–water partition coefficient (Wildman–Crippen LogP) is 4.17.